The summed E-state index contributed by atoms with van der Waals surface area (Å²) < 4.78 is 0. The molecule has 0 saturated heterocycles. The number of nitrogens with zero attached hydrogens (tertiary/aromatic N) is 2. The number of rotatable bonds is 3. The van der Waals surface area contributed by atoms with Gasteiger partial charge < -0.3 is 5.73 Å². The Hall–Kier alpha value is -1.59. The molecule has 5 heteroatoms. The van der Waals surface area contributed by atoms with Crippen LogP contribution in [0.4, 0.5) is 5.82 Å². The third-order valence-corrected chi connectivity index (χ3v) is 5.55. The Morgan fingerprint density at radius 1 is 1.19 bits per heavy atom. The van der Waals surface area contributed by atoms with Gasteiger partial charge in [-0.2, -0.15) is 0 Å². The van der Waals surface area contributed by atoms with Crippen molar-refractivity contribution in [1.82, 2.24) is 9.97 Å². The average molecular weight is 315 g/mol. The molecule has 3 rings (SSSR count). The molecule has 0 spiro atoms. The molecule has 0 unspecified atom stereocenters. The van der Waals surface area contributed by atoms with E-state index in [0.29, 0.717) is 5.82 Å². The van der Waals surface area contributed by atoms with Crippen LogP contribution in [0.2, 0.25) is 0 Å². The van der Waals surface area contributed by atoms with Crippen molar-refractivity contribution in [3.63, 3.8) is 0 Å². The van der Waals surface area contributed by atoms with Crippen LogP contribution in [0.5, 0.6) is 0 Å². The minimum atomic E-state index is 0.599. The van der Waals surface area contributed by atoms with Crippen molar-refractivity contribution in [2.24, 2.45) is 0 Å². The monoisotopic (exact) mass is 315 g/mol. The van der Waals surface area contributed by atoms with Crippen molar-refractivity contribution >= 4 is 39.1 Å². The number of benzene rings is 1. The van der Waals surface area contributed by atoms with Crippen LogP contribution in [0.15, 0.2) is 29.2 Å². The average Bonchev–Trinajstić information content (AvgIpc) is 2.72. The molecule has 0 aliphatic carbocycles. The molecule has 2 heterocycles. The molecule has 0 amide bonds. The van der Waals surface area contributed by atoms with Crippen LogP contribution in [0.1, 0.15) is 21.8 Å². The van der Waals surface area contributed by atoms with Crippen LogP contribution in [0.25, 0.3) is 10.2 Å². The van der Waals surface area contributed by atoms with Crippen LogP contribution in [0.3, 0.4) is 0 Å². The van der Waals surface area contributed by atoms with Crippen molar-refractivity contribution in [3.05, 3.63) is 46.1 Å². The number of aromatic nitrogens is 2. The molecule has 0 radical (unpaired) electrons. The van der Waals surface area contributed by atoms with Gasteiger partial charge in [0.2, 0.25) is 0 Å². The summed E-state index contributed by atoms with van der Waals surface area (Å²) in [7, 11) is 0. The number of fused-ring (bicyclic) bond motifs is 1. The lowest BCUT2D eigenvalue weighted by molar-refractivity contribution is 1.08. The maximum absolute atomic E-state index is 6.11. The van der Waals surface area contributed by atoms with E-state index in [-0.39, 0.29) is 0 Å². The van der Waals surface area contributed by atoms with Gasteiger partial charge in [-0.05, 0) is 38.5 Å². The van der Waals surface area contributed by atoms with E-state index in [9.17, 15) is 0 Å². The molecule has 2 N–H and O–H groups in total. The van der Waals surface area contributed by atoms with E-state index in [1.807, 2.05) is 0 Å². The van der Waals surface area contributed by atoms with Crippen molar-refractivity contribution in [3.8, 4) is 0 Å². The Balaban J connectivity index is 1.88. The first kappa shape index (κ1) is 14.4. The van der Waals surface area contributed by atoms with E-state index >= 15 is 0 Å². The van der Waals surface area contributed by atoms with Crippen LogP contribution in [-0.2, 0) is 5.75 Å². The SMILES string of the molecule is Cc1cccc(SCc2nc(N)c3c(C)c(C)sc3n2)c1. The van der Waals surface area contributed by atoms with Gasteiger partial charge >= 0.3 is 0 Å². The maximum Gasteiger partial charge on any atom is 0.142 e. The molecule has 3 aromatic rings. The number of thiophene rings is 1. The summed E-state index contributed by atoms with van der Waals surface area (Å²) >= 11 is 3.43. The van der Waals surface area contributed by atoms with E-state index in [4.69, 9.17) is 5.73 Å². The molecule has 0 aliphatic heterocycles. The second-order valence-electron chi connectivity index (χ2n) is 5.09. The number of aryl methyl sites for hydroxylation is 3. The second kappa shape index (κ2) is 5.66. The fourth-order valence-electron chi connectivity index (χ4n) is 2.24. The molecule has 0 fully saturated rings. The van der Waals surface area contributed by atoms with Gasteiger partial charge in [-0.1, -0.05) is 17.7 Å². The lowest BCUT2D eigenvalue weighted by Gasteiger charge is -2.04. The Labute approximate surface area is 132 Å². The zero-order valence-corrected chi connectivity index (χ0v) is 13.9. The molecular formula is C16H17N3S2. The largest absolute Gasteiger partial charge is 0.383 e. The van der Waals surface area contributed by atoms with E-state index in [1.54, 1.807) is 23.1 Å². The van der Waals surface area contributed by atoms with Crippen molar-refractivity contribution < 1.29 is 0 Å². The molecule has 21 heavy (non-hydrogen) atoms. The molecule has 2 aromatic heterocycles. The molecule has 0 saturated carbocycles. The fraction of sp³-hybridized carbons (Fsp3) is 0.250. The first-order valence-electron chi connectivity index (χ1n) is 6.76. The third kappa shape index (κ3) is 2.89. The third-order valence-electron chi connectivity index (χ3n) is 3.46. The van der Waals surface area contributed by atoms with Gasteiger partial charge in [0.05, 0.1) is 11.1 Å². The number of hydrogen-bond acceptors (Lipinski definition) is 5. The Morgan fingerprint density at radius 3 is 2.76 bits per heavy atom. The lowest BCUT2D eigenvalue weighted by Crippen LogP contribution is -1.99. The van der Waals surface area contributed by atoms with Crippen molar-refractivity contribution in [2.45, 2.75) is 31.4 Å². The smallest absolute Gasteiger partial charge is 0.142 e. The molecule has 0 bridgehead atoms. The maximum atomic E-state index is 6.11. The van der Waals surface area contributed by atoms with Gasteiger partial charge in [-0.15, -0.1) is 23.1 Å². The number of anilines is 1. The summed E-state index contributed by atoms with van der Waals surface area (Å²) in [6, 6.07) is 8.45. The van der Waals surface area contributed by atoms with E-state index < -0.39 is 0 Å². The highest BCUT2D eigenvalue weighted by Gasteiger charge is 2.12. The normalized spacial score (nSPS) is 11.2. The van der Waals surface area contributed by atoms with Gasteiger partial charge in [0, 0.05) is 9.77 Å². The number of nitrogens with two attached hydrogens (primary N) is 1. The predicted octanol–water partition coefficient (Wildman–Crippen LogP) is 4.49. The highest BCUT2D eigenvalue weighted by atomic mass is 32.2. The molecule has 3 nitrogen and oxygen atoms in total. The quantitative estimate of drug-likeness (QED) is 0.723. The van der Waals surface area contributed by atoms with Crippen LogP contribution >= 0.6 is 23.1 Å². The highest BCUT2D eigenvalue weighted by molar-refractivity contribution is 7.98. The number of thioether (sulfide) groups is 1. The van der Waals surface area contributed by atoms with E-state index in [2.05, 4.69) is 55.0 Å². The molecule has 0 atom stereocenters. The second-order valence-corrected chi connectivity index (χ2v) is 7.35. The molecule has 1 aromatic carbocycles. The topological polar surface area (TPSA) is 51.8 Å². The Bertz CT molecular complexity index is 809. The van der Waals surface area contributed by atoms with Gasteiger partial charge in [-0.3, -0.25) is 0 Å². The summed E-state index contributed by atoms with van der Waals surface area (Å²) in [4.78, 5) is 12.6. The summed E-state index contributed by atoms with van der Waals surface area (Å²) in [5.41, 5.74) is 8.57. The minimum absolute atomic E-state index is 0.599. The number of hydrogen-bond donors (Lipinski definition) is 1. The molecule has 0 aliphatic rings. The predicted molar refractivity (Wildman–Crippen MR) is 92.0 cm³/mol. The van der Waals surface area contributed by atoms with Gasteiger partial charge in [-0.25, -0.2) is 9.97 Å². The van der Waals surface area contributed by atoms with Crippen molar-refractivity contribution in [1.29, 1.82) is 0 Å². The van der Waals surface area contributed by atoms with Gasteiger partial charge in [0.25, 0.3) is 0 Å². The zero-order chi connectivity index (χ0) is 15.0. The fourth-order valence-corrected chi connectivity index (χ4v) is 4.17. The first-order chi connectivity index (χ1) is 10.0. The van der Waals surface area contributed by atoms with Crippen LogP contribution in [0, 0.1) is 20.8 Å². The summed E-state index contributed by atoms with van der Waals surface area (Å²) in [5, 5.41) is 1.02. The van der Waals surface area contributed by atoms with E-state index in [0.717, 1.165) is 21.8 Å². The zero-order valence-electron chi connectivity index (χ0n) is 12.3. The summed E-state index contributed by atoms with van der Waals surface area (Å²) in [5.74, 6) is 2.13. The highest BCUT2D eigenvalue weighted by Crippen LogP contribution is 2.32. The first-order valence-corrected chi connectivity index (χ1v) is 8.56. The Kier molecular flexibility index (Phi) is 3.87. The summed E-state index contributed by atoms with van der Waals surface area (Å²) in [6.07, 6.45) is 0. The molecular weight excluding hydrogens is 298 g/mol. The standard InChI is InChI=1S/C16H17N3S2/c1-9-5-4-6-12(7-9)20-8-13-18-15(17)14-10(2)11(3)21-16(14)19-13/h4-7H,8H2,1-3H3,(H2,17,18,19). The van der Waals surface area contributed by atoms with Crippen LogP contribution in [-0.4, -0.2) is 9.97 Å². The number of nitrogen functional groups attached to an aromatic ring is 1. The Morgan fingerprint density at radius 2 is 2.00 bits per heavy atom. The van der Waals surface area contributed by atoms with Crippen LogP contribution < -0.4 is 5.73 Å². The lowest BCUT2D eigenvalue weighted by atomic mass is 10.2. The minimum Gasteiger partial charge on any atom is -0.383 e. The molecule has 108 valence electrons. The van der Waals surface area contributed by atoms with E-state index in [1.165, 1.54) is 20.9 Å². The van der Waals surface area contributed by atoms with Crippen molar-refractivity contribution in [2.75, 3.05) is 5.73 Å². The van der Waals surface area contributed by atoms with Gasteiger partial charge in [0.15, 0.2) is 0 Å². The summed E-state index contributed by atoms with van der Waals surface area (Å²) in [6.45, 7) is 6.28. The van der Waals surface area contributed by atoms with Gasteiger partial charge in [0.1, 0.15) is 16.5 Å².